The molecule has 2 amide bonds. The van der Waals surface area contributed by atoms with Gasteiger partial charge in [-0.3, -0.25) is 9.36 Å². The van der Waals surface area contributed by atoms with Crippen molar-refractivity contribution in [1.82, 2.24) is 14.5 Å². The number of anilines is 1. The van der Waals surface area contributed by atoms with Gasteiger partial charge in [-0.15, -0.1) is 0 Å². The number of rotatable bonds is 7. The average molecular weight is 525 g/mol. The number of hydrogen-bond donors (Lipinski definition) is 1. The molecule has 0 saturated carbocycles. The topological polar surface area (TPSA) is 76.5 Å². The third kappa shape index (κ3) is 5.38. The zero-order chi connectivity index (χ0) is 25.8. The number of nitrogens with one attached hydrogen (secondary N) is 1. The van der Waals surface area contributed by atoms with Gasteiger partial charge in [-0.2, -0.15) is 0 Å². The summed E-state index contributed by atoms with van der Waals surface area (Å²) >= 11 is 12.1. The van der Waals surface area contributed by atoms with E-state index >= 15 is 0 Å². The summed E-state index contributed by atoms with van der Waals surface area (Å²) in [6.45, 7) is 4.36. The summed E-state index contributed by atoms with van der Waals surface area (Å²) in [4.78, 5) is 33.6. The second-order valence-electron chi connectivity index (χ2n) is 8.39. The highest BCUT2D eigenvalue weighted by Crippen LogP contribution is 2.27. The minimum absolute atomic E-state index is 0.204. The lowest BCUT2D eigenvalue weighted by atomic mass is 10.1. The fourth-order valence-electron chi connectivity index (χ4n) is 4.02. The number of ether oxygens (including phenoxy) is 1. The Morgan fingerprint density at radius 3 is 2.58 bits per heavy atom. The van der Waals surface area contributed by atoms with Gasteiger partial charge in [0.2, 0.25) is 0 Å². The maximum atomic E-state index is 13.7. The zero-order valence-electron chi connectivity index (χ0n) is 20.2. The molecule has 0 aliphatic carbocycles. The lowest BCUT2D eigenvalue weighted by Gasteiger charge is -2.30. The van der Waals surface area contributed by atoms with Crippen molar-refractivity contribution in [3.8, 4) is 5.69 Å². The Balaban J connectivity index is 1.82. The summed E-state index contributed by atoms with van der Waals surface area (Å²) < 4.78 is 6.84. The number of urea groups is 1. The van der Waals surface area contributed by atoms with Crippen LogP contribution in [-0.4, -0.2) is 40.7 Å². The number of carbonyl (C=O) groups is 1. The predicted octanol–water partition coefficient (Wildman–Crippen LogP) is 6.24. The average Bonchev–Trinajstić information content (AvgIpc) is 2.86. The van der Waals surface area contributed by atoms with Crippen LogP contribution in [0.3, 0.4) is 0 Å². The van der Waals surface area contributed by atoms with Gasteiger partial charge < -0.3 is 15.0 Å². The van der Waals surface area contributed by atoms with E-state index in [2.05, 4.69) is 5.32 Å². The molecule has 0 radical (unpaired) electrons. The van der Waals surface area contributed by atoms with Crippen LogP contribution in [0.15, 0.2) is 71.5 Å². The molecule has 1 unspecified atom stereocenters. The molecule has 1 atom stereocenters. The third-order valence-corrected chi connectivity index (χ3v) is 6.61. The summed E-state index contributed by atoms with van der Waals surface area (Å²) in [6, 6.07) is 18.7. The van der Waals surface area contributed by atoms with E-state index in [4.69, 9.17) is 32.9 Å². The fraction of sp³-hybridized carbons (Fsp3) is 0.222. The van der Waals surface area contributed by atoms with Crippen LogP contribution in [0, 0.1) is 6.92 Å². The van der Waals surface area contributed by atoms with E-state index in [0.717, 1.165) is 5.56 Å². The van der Waals surface area contributed by atoms with E-state index in [1.807, 2.05) is 50.2 Å². The number of aromatic nitrogens is 2. The smallest absolute Gasteiger partial charge is 0.322 e. The van der Waals surface area contributed by atoms with Crippen molar-refractivity contribution in [1.29, 1.82) is 0 Å². The fourth-order valence-corrected chi connectivity index (χ4v) is 4.31. The van der Waals surface area contributed by atoms with E-state index in [0.29, 0.717) is 44.8 Å². The number of hydrogen-bond acceptors (Lipinski definition) is 4. The van der Waals surface area contributed by atoms with Crippen molar-refractivity contribution in [3.05, 3.63) is 98.5 Å². The SMILES string of the molecule is COCCN(C(=O)Nc1ccc(Cl)c(Cl)c1)C(C)c1nc2ccccc2c(=O)n1-c1cccc(C)c1. The van der Waals surface area contributed by atoms with Crippen LogP contribution >= 0.6 is 23.2 Å². The molecule has 9 heteroatoms. The Kier molecular flexibility index (Phi) is 7.94. The molecule has 0 fully saturated rings. The van der Waals surface area contributed by atoms with E-state index in [-0.39, 0.29) is 12.1 Å². The van der Waals surface area contributed by atoms with Gasteiger partial charge in [-0.1, -0.05) is 47.5 Å². The van der Waals surface area contributed by atoms with Gasteiger partial charge in [0, 0.05) is 19.3 Å². The molecule has 1 aromatic heterocycles. The molecular formula is C27H26Cl2N4O3. The minimum Gasteiger partial charge on any atom is -0.383 e. The van der Waals surface area contributed by atoms with Crippen LogP contribution in [0.5, 0.6) is 0 Å². The van der Waals surface area contributed by atoms with Crippen molar-refractivity contribution in [2.75, 3.05) is 25.6 Å². The number of para-hydroxylation sites is 1. The molecule has 0 aliphatic rings. The molecule has 7 nitrogen and oxygen atoms in total. The zero-order valence-corrected chi connectivity index (χ0v) is 21.7. The van der Waals surface area contributed by atoms with Gasteiger partial charge >= 0.3 is 6.03 Å². The van der Waals surface area contributed by atoms with E-state index in [1.165, 1.54) is 0 Å². The number of nitrogens with zero attached hydrogens (tertiary/aromatic N) is 3. The van der Waals surface area contributed by atoms with Gasteiger partial charge in [-0.05, 0) is 61.9 Å². The highest BCUT2D eigenvalue weighted by Gasteiger charge is 2.27. The van der Waals surface area contributed by atoms with Crippen molar-refractivity contribution in [2.45, 2.75) is 19.9 Å². The highest BCUT2D eigenvalue weighted by atomic mass is 35.5. The van der Waals surface area contributed by atoms with E-state index in [1.54, 1.807) is 46.9 Å². The molecule has 3 aromatic carbocycles. The Labute approximate surface area is 219 Å². The van der Waals surface area contributed by atoms with Crippen LogP contribution in [0.25, 0.3) is 16.6 Å². The van der Waals surface area contributed by atoms with Gasteiger partial charge in [-0.25, -0.2) is 9.78 Å². The lowest BCUT2D eigenvalue weighted by Crippen LogP contribution is -2.41. The first-order valence-corrected chi connectivity index (χ1v) is 12.2. The normalized spacial score (nSPS) is 11.9. The van der Waals surface area contributed by atoms with Crippen molar-refractivity contribution >= 4 is 45.8 Å². The maximum Gasteiger partial charge on any atom is 0.322 e. The predicted molar refractivity (Wildman–Crippen MR) is 145 cm³/mol. The third-order valence-electron chi connectivity index (χ3n) is 5.87. The summed E-state index contributed by atoms with van der Waals surface area (Å²) in [5.41, 5.74) is 2.53. The first-order valence-electron chi connectivity index (χ1n) is 11.4. The van der Waals surface area contributed by atoms with Gasteiger partial charge in [0.05, 0.1) is 39.3 Å². The Morgan fingerprint density at radius 1 is 1.08 bits per heavy atom. The molecule has 0 bridgehead atoms. The number of benzene rings is 3. The summed E-state index contributed by atoms with van der Waals surface area (Å²) in [7, 11) is 1.57. The van der Waals surface area contributed by atoms with E-state index in [9.17, 15) is 9.59 Å². The molecule has 4 rings (SSSR count). The molecule has 36 heavy (non-hydrogen) atoms. The maximum absolute atomic E-state index is 13.7. The van der Waals surface area contributed by atoms with Crippen LogP contribution in [-0.2, 0) is 4.74 Å². The molecule has 0 aliphatic heterocycles. The number of fused-ring (bicyclic) bond motifs is 1. The van der Waals surface area contributed by atoms with Gasteiger partial charge in [0.1, 0.15) is 5.82 Å². The van der Waals surface area contributed by atoms with Crippen LogP contribution in [0.4, 0.5) is 10.5 Å². The number of amides is 2. The molecule has 4 aromatic rings. The Morgan fingerprint density at radius 2 is 1.86 bits per heavy atom. The van der Waals surface area contributed by atoms with Gasteiger partial charge in [0.25, 0.3) is 5.56 Å². The van der Waals surface area contributed by atoms with E-state index < -0.39 is 12.1 Å². The second kappa shape index (κ2) is 11.1. The second-order valence-corrected chi connectivity index (χ2v) is 9.20. The lowest BCUT2D eigenvalue weighted by molar-refractivity contribution is 0.137. The molecular weight excluding hydrogens is 499 g/mol. The largest absolute Gasteiger partial charge is 0.383 e. The number of aryl methyl sites for hydroxylation is 1. The molecule has 0 saturated heterocycles. The number of carbonyl (C=O) groups excluding carboxylic acids is 1. The van der Waals surface area contributed by atoms with Crippen LogP contribution in [0.1, 0.15) is 24.4 Å². The summed E-state index contributed by atoms with van der Waals surface area (Å²) in [6.07, 6.45) is 0. The van der Waals surface area contributed by atoms with Crippen molar-refractivity contribution in [2.24, 2.45) is 0 Å². The molecule has 0 spiro atoms. The first-order chi connectivity index (χ1) is 17.3. The summed E-state index contributed by atoms with van der Waals surface area (Å²) in [5.74, 6) is 0.435. The van der Waals surface area contributed by atoms with Crippen LogP contribution in [0.2, 0.25) is 10.0 Å². The molecule has 1 heterocycles. The van der Waals surface area contributed by atoms with Crippen molar-refractivity contribution in [3.63, 3.8) is 0 Å². The number of methoxy groups -OCH3 is 1. The highest BCUT2D eigenvalue weighted by molar-refractivity contribution is 6.42. The van der Waals surface area contributed by atoms with Gasteiger partial charge in [0.15, 0.2) is 0 Å². The molecule has 186 valence electrons. The Bertz CT molecular complexity index is 1470. The van der Waals surface area contributed by atoms with Crippen LogP contribution < -0.4 is 10.9 Å². The standard InChI is InChI=1S/C27H26Cl2N4O3/c1-17-7-6-8-20(15-17)33-25(31-24-10-5-4-9-21(24)26(33)34)18(2)32(13-14-36-3)27(35)30-19-11-12-22(28)23(29)16-19/h4-12,15-16,18H,13-14H2,1-3H3,(H,30,35). The summed E-state index contributed by atoms with van der Waals surface area (Å²) in [5, 5.41) is 4.08. The quantitative estimate of drug-likeness (QED) is 0.310. The van der Waals surface area contributed by atoms with Crippen molar-refractivity contribution < 1.29 is 9.53 Å². The monoisotopic (exact) mass is 524 g/mol. The minimum atomic E-state index is -0.583. The molecule has 1 N–H and O–H groups in total. The Hall–Kier alpha value is -3.39. The first kappa shape index (κ1) is 25.7. The number of halogens is 2.